The fourth-order valence-corrected chi connectivity index (χ4v) is 5.15. The number of hydrogen-bond acceptors (Lipinski definition) is 5. The van der Waals surface area contributed by atoms with Crippen LogP contribution in [0.15, 0.2) is 46.0 Å². The van der Waals surface area contributed by atoms with E-state index in [0.717, 1.165) is 37.4 Å². The van der Waals surface area contributed by atoms with E-state index in [-0.39, 0.29) is 10.1 Å². The largest absolute Gasteiger partial charge is 0.352 e. The zero-order valence-electron chi connectivity index (χ0n) is 15.2. The van der Waals surface area contributed by atoms with Gasteiger partial charge in [0.25, 0.3) is 15.9 Å². The topological polar surface area (TPSA) is 78.5 Å². The molecular weight excluding hydrogens is 382 g/mol. The summed E-state index contributed by atoms with van der Waals surface area (Å²) >= 11 is 1.16. The average Bonchev–Trinajstić information content (AvgIpc) is 3.22. The highest BCUT2D eigenvalue weighted by Crippen LogP contribution is 2.20. The van der Waals surface area contributed by atoms with Crippen molar-refractivity contribution in [2.45, 2.75) is 29.9 Å². The molecule has 146 valence electrons. The summed E-state index contributed by atoms with van der Waals surface area (Å²) in [5.74, 6) is -0.138. The number of nitrogens with zero attached hydrogens (tertiary/aromatic N) is 1. The fourth-order valence-electron chi connectivity index (χ4n) is 3.10. The van der Waals surface area contributed by atoms with Gasteiger partial charge in [0.2, 0.25) is 0 Å². The van der Waals surface area contributed by atoms with Gasteiger partial charge >= 0.3 is 0 Å². The van der Waals surface area contributed by atoms with Gasteiger partial charge in [-0.05, 0) is 74.6 Å². The number of likely N-dealkylation sites (tertiary alicyclic amines) is 1. The minimum Gasteiger partial charge on any atom is -0.352 e. The minimum atomic E-state index is -3.57. The number of anilines is 1. The lowest BCUT2D eigenvalue weighted by Crippen LogP contribution is -2.33. The van der Waals surface area contributed by atoms with Crippen LogP contribution in [0.2, 0.25) is 0 Å². The van der Waals surface area contributed by atoms with Crippen molar-refractivity contribution in [1.82, 2.24) is 10.2 Å². The van der Waals surface area contributed by atoms with Gasteiger partial charge in [-0.3, -0.25) is 9.52 Å². The summed E-state index contributed by atoms with van der Waals surface area (Å²) in [6, 6.07) is 9.72. The Morgan fingerprint density at radius 3 is 2.48 bits per heavy atom. The van der Waals surface area contributed by atoms with Crippen LogP contribution in [0.3, 0.4) is 0 Å². The first-order valence-electron chi connectivity index (χ1n) is 9.21. The first kappa shape index (κ1) is 19.9. The van der Waals surface area contributed by atoms with Crippen LogP contribution in [0, 0.1) is 0 Å². The Bertz CT molecular complexity index is 828. The van der Waals surface area contributed by atoms with E-state index in [1.54, 1.807) is 41.8 Å². The van der Waals surface area contributed by atoms with Crippen molar-refractivity contribution < 1.29 is 13.2 Å². The summed E-state index contributed by atoms with van der Waals surface area (Å²) in [6.07, 6.45) is 4.81. The van der Waals surface area contributed by atoms with Gasteiger partial charge in [-0.25, -0.2) is 8.42 Å². The van der Waals surface area contributed by atoms with Crippen LogP contribution in [0.5, 0.6) is 0 Å². The van der Waals surface area contributed by atoms with Crippen molar-refractivity contribution in [2.75, 3.05) is 30.9 Å². The predicted octanol–water partition coefficient (Wildman–Crippen LogP) is 3.15. The molecule has 1 amide bonds. The van der Waals surface area contributed by atoms with E-state index in [9.17, 15) is 13.2 Å². The molecule has 1 aromatic carbocycles. The first-order valence-corrected chi connectivity index (χ1v) is 11.6. The summed E-state index contributed by atoms with van der Waals surface area (Å²) < 4.78 is 27.2. The average molecular weight is 408 g/mol. The van der Waals surface area contributed by atoms with Crippen molar-refractivity contribution in [1.29, 1.82) is 0 Å². The number of amides is 1. The second kappa shape index (κ2) is 9.34. The van der Waals surface area contributed by atoms with Crippen LogP contribution in [-0.2, 0) is 10.0 Å². The standard InChI is InChI=1S/C19H25N3O3S2/c23-19(20-11-5-14-22-12-2-1-3-13-22)16-7-9-17(10-8-16)21-27(24,25)18-6-4-15-26-18/h4,6-10,15,21H,1-3,5,11-14H2,(H,20,23). The number of thiophene rings is 1. The van der Waals surface area contributed by atoms with Gasteiger partial charge in [0.15, 0.2) is 0 Å². The van der Waals surface area contributed by atoms with Gasteiger partial charge in [-0.15, -0.1) is 11.3 Å². The molecule has 0 aliphatic carbocycles. The molecule has 2 aromatic rings. The molecule has 0 saturated carbocycles. The molecule has 1 aromatic heterocycles. The van der Waals surface area contributed by atoms with E-state index in [4.69, 9.17) is 0 Å². The molecule has 0 spiro atoms. The van der Waals surface area contributed by atoms with Crippen molar-refractivity contribution in [2.24, 2.45) is 0 Å². The van der Waals surface area contributed by atoms with Crippen LogP contribution in [0.25, 0.3) is 0 Å². The smallest absolute Gasteiger partial charge is 0.271 e. The maximum absolute atomic E-state index is 12.2. The number of sulfonamides is 1. The van der Waals surface area contributed by atoms with Gasteiger partial charge < -0.3 is 10.2 Å². The first-order chi connectivity index (χ1) is 13.0. The van der Waals surface area contributed by atoms with Crippen LogP contribution in [0.4, 0.5) is 5.69 Å². The lowest BCUT2D eigenvalue weighted by atomic mass is 10.1. The minimum absolute atomic E-state index is 0.138. The van der Waals surface area contributed by atoms with Crippen LogP contribution in [-0.4, -0.2) is 45.4 Å². The van der Waals surface area contributed by atoms with Crippen molar-refractivity contribution in [3.63, 3.8) is 0 Å². The van der Waals surface area contributed by atoms with Gasteiger partial charge in [0.05, 0.1) is 0 Å². The molecule has 1 aliphatic heterocycles. The van der Waals surface area contributed by atoms with E-state index in [1.165, 1.54) is 19.3 Å². The lowest BCUT2D eigenvalue weighted by molar-refractivity contribution is 0.0951. The summed E-state index contributed by atoms with van der Waals surface area (Å²) in [5, 5.41) is 4.64. The maximum Gasteiger partial charge on any atom is 0.271 e. The third-order valence-electron chi connectivity index (χ3n) is 4.54. The molecule has 2 N–H and O–H groups in total. The highest BCUT2D eigenvalue weighted by atomic mass is 32.2. The van der Waals surface area contributed by atoms with Crippen LogP contribution >= 0.6 is 11.3 Å². The molecule has 1 aliphatic rings. The maximum atomic E-state index is 12.2. The molecule has 8 heteroatoms. The highest BCUT2D eigenvalue weighted by Gasteiger charge is 2.15. The molecule has 0 unspecified atom stereocenters. The second-order valence-electron chi connectivity index (χ2n) is 6.63. The van der Waals surface area contributed by atoms with E-state index in [1.807, 2.05) is 0 Å². The highest BCUT2D eigenvalue weighted by molar-refractivity contribution is 7.94. The number of piperidine rings is 1. The predicted molar refractivity (Wildman–Crippen MR) is 109 cm³/mol. The number of rotatable bonds is 8. The number of carbonyl (C=O) groups is 1. The number of carbonyl (C=O) groups excluding carboxylic acids is 1. The summed E-state index contributed by atoms with van der Waals surface area (Å²) in [6.45, 7) is 3.99. The normalized spacial score (nSPS) is 15.4. The molecule has 27 heavy (non-hydrogen) atoms. The summed E-state index contributed by atoms with van der Waals surface area (Å²) in [7, 11) is -3.57. The van der Waals surface area contributed by atoms with Gasteiger partial charge in [-0.2, -0.15) is 0 Å². The van der Waals surface area contributed by atoms with Crippen molar-refractivity contribution >= 4 is 33.0 Å². The molecule has 3 rings (SSSR count). The molecular formula is C19H25N3O3S2. The van der Waals surface area contributed by atoms with Gasteiger partial charge in [0.1, 0.15) is 4.21 Å². The van der Waals surface area contributed by atoms with E-state index >= 15 is 0 Å². The molecule has 0 bridgehead atoms. The third kappa shape index (κ3) is 5.79. The zero-order chi connectivity index (χ0) is 19.1. The SMILES string of the molecule is O=C(NCCCN1CCCCC1)c1ccc(NS(=O)(=O)c2cccs2)cc1. The lowest BCUT2D eigenvalue weighted by Gasteiger charge is -2.26. The Labute approximate surface area is 164 Å². The number of nitrogens with one attached hydrogen (secondary N) is 2. The molecule has 6 nitrogen and oxygen atoms in total. The number of benzene rings is 1. The molecule has 2 heterocycles. The summed E-state index contributed by atoms with van der Waals surface area (Å²) in [4.78, 5) is 14.7. The van der Waals surface area contributed by atoms with Crippen molar-refractivity contribution in [3.05, 3.63) is 47.3 Å². The summed E-state index contributed by atoms with van der Waals surface area (Å²) in [5.41, 5.74) is 0.956. The zero-order valence-corrected chi connectivity index (χ0v) is 16.8. The molecule has 0 atom stereocenters. The quantitative estimate of drug-likeness (QED) is 0.659. The van der Waals surface area contributed by atoms with Gasteiger partial charge in [0, 0.05) is 17.8 Å². The Hall–Kier alpha value is -1.90. The van der Waals surface area contributed by atoms with E-state index in [2.05, 4.69) is 14.9 Å². The van der Waals surface area contributed by atoms with E-state index < -0.39 is 10.0 Å². The molecule has 1 saturated heterocycles. The monoisotopic (exact) mass is 407 g/mol. The van der Waals surface area contributed by atoms with Crippen LogP contribution < -0.4 is 10.0 Å². The Kier molecular flexibility index (Phi) is 6.87. The van der Waals surface area contributed by atoms with Gasteiger partial charge in [-0.1, -0.05) is 12.5 Å². The van der Waals surface area contributed by atoms with Crippen LogP contribution in [0.1, 0.15) is 36.0 Å². The van der Waals surface area contributed by atoms with Crippen molar-refractivity contribution in [3.8, 4) is 0 Å². The fraction of sp³-hybridized carbons (Fsp3) is 0.421. The Morgan fingerprint density at radius 2 is 1.81 bits per heavy atom. The second-order valence-corrected chi connectivity index (χ2v) is 9.48. The molecule has 0 radical (unpaired) electrons. The Balaban J connectivity index is 1.45. The number of hydrogen-bond donors (Lipinski definition) is 2. The van der Waals surface area contributed by atoms with E-state index in [0.29, 0.717) is 17.8 Å². The Morgan fingerprint density at radius 1 is 1.07 bits per heavy atom. The third-order valence-corrected chi connectivity index (χ3v) is 7.32. The molecule has 1 fully saturated rings.